The van der Waals surface area contributed by atoms with Crippen LogP contribution in [0.25, 0.3) is 0 Å². The van der Waals surface area contributed by atoms with Crippen LogP contribution in [0.4, 0.5) is 5.69 Å². The van der Waals surface area contributed by atoms with Gasteiger partial charge in [-0.15, -0.1) is 0 Å². The minimum atomic E-state index is -1.17. The Morgan fingerprint density at radius 3 is 2.56 bits per heavy atom. The van der Waals surface area contributed by atoms with Crippen LogP contribution in [0, 0.1) is 0 Å². The Kier molecular flexibility index (Phi) is 4.92. The first kappa shape index (κ1) is 13.8. The number of amides is 1. The minimum Gasteiger partial charge on any atom is -0.489 e. The topological polar surface area (TPSA) is 75.6 Å². The van der Waals surface area contributed by atoms with Crippen molar-refractivity contribution in [3.05, 3.63) is 36.4 Å². The van der Waals surface area contributed by atoms with E-state index < -0.39 is 11.9 Å². The van der Waals surface area contributed by atoms with Gasteiger partial charge in [0.25, 0.3) is 0 Å². The summed E-state index contributed by atoms with van der Waals surface area (Å²) < 4.78 is 5.52. The second kappa shape index (κ2) is 6.44. The van der Waals surface area contributed by atoms with Gasteiger partial charge in [-0.25, -0.2) is 4.79 Å². The Labute approximate surface area is 105 Å². The first-order valence-corrected chi connectivity index (χ1v) is 5.46. The molecule has 0 bridgehead atoms. The molecule has 5 heteroatoms. The third kappa shape index (κ3) is 4.69. The Balaban J connectivity index is 2.77. The molecule has 0 aliphatic carbocycles. The summed E-state index contributed by atoms with van der Waals surface area (Å²) in [4.78, 5) is 21.7. The van der Waals surface area contributed by atoms with Crippen molar-refractivity contribution in [1.82, 2.24) is 0 Å². The monoisotopic (exact) mass is 249 g/mol. The van der Waals surface area contributed by atoms with Gasteiger partial charge in [0, 0.05) is 12.2 Å². The van der Waals surface area contributed by atoms with Crippen LogP contribution in [0.3, 0.4) is 0 Å². The van der Waals surface area contributed by atoms with Crippen LogP contribution in [-0.4, -0.2) is 23.1 Å². The molecule has 0 radical (unpaired) electrons. The molecular weight excluding hydrogens is 234 g/mol. The van der Waals surface area contributed by atoms with Gasteiger partial charge in [-0.2, -0.15) is 0 Å². The fourth-order valence-corrected chi connectivity index (χ4v) is 1.25. The zero-order valence-electron chi connectivity index (χ0n) is 10.2. The molecule has 2 N–H and O–H groups in total. The molecular formula is C13H15NO4. The lowest BCUT2D eigenvalue weighted by molar-refractivity contribution is -0.131. The van der Waals surface area contributed by atoms with Crippen molar-refractivity contribution < 1.29 is 19.4 Å². The summed E-state index contributed by atoms with van der Waals surface area (Å²) in [6.45, 7) is 3.76. The zero-order valence-corrected chi connectivity index (χ0v) is 10.2. The molecule has 1 aromatic carbocycles. The molecule has 0 heterocycles. The van der Waals surface area contributed by atoms with E-state index in [2.05, 4.69) is 5.32 Å². The second-order valence-corrected chi connectivity index (χ2v) is 3.82. The minimum absolute atomic E-state index is 0.0161. The summed E-state index contributed by atoms with van der Waals surface area (Å²) in [6.07, 6.45) is 1.72. The predicted octanol–water partition coefficient (Wildman–Crippen LogP) is 2.05. The molecule has 0 saturated carbocycles. The van der Waals surface area contributed by atoms with Crippen molar-refractivity contribution in [3.8, 4) is 5.75 Å². The number of hydrogen-bond donors (Lipinski definition) is 2. The normalized spacial score (nSPS) is 10.6. The molecule has 0 unspecified atom stereocenters. The number of carbonyl (C=O) groups is 2. The number of benzene rings is 1. The fourth-order valence-electron chi connectivity index (χ4n) is 1.25. The molecule has 0 aromatic heterocycles. The van der Waals surface area contributed by atoms with Crippen molar-refractivity contribution in [2.45, 2.75) is 20.0 Å². The number of ether oxygens (including phenoxy) is 1. The van der Waals surface area contributed by atoms with E-state index in [-0.39, 0.29) is 6.10 Å². The van der Waals surface area contributed by atoms with Crippen molar-refractivity contribution in [3.63, 3.8) is 0 Å². The van der Waals surface area contributed by atoms with Crippen LogP contribution in [0.2, 0.25) is 0 Å². The number of aliphatic carboxylic acids is 1. The molecule has 18 heavy (non-hydrogen) atoms. The summed E-state index contributed by atoms with van der Waals surface area (Å²) in [5.41, 5.74) is 0.506. The highest BCUT2D eigenvalue weighted by molar-refractivity contribution is 6.03. The average molecular weight is 249 g/mol. The number of nitrogens with one attached hydrogen (secondary N) is 1. The van der Waals surface area contributed by atoms with E-state index in [0.29, 0.717) is 11.4 Å². The Hall–Kier alpha value is -2.30. The number of para-hydroxylation sites is 2. The molecule has 1 rings (SSSR count). The van der Waals surface area contributed by atoms with Crippen LogP contribution < -0.4 is 10.1 Å². The van der Waals surface area contributed by atoms with Crippen molar-refractivity contribution in [1.29, 1.82) is 0 Å². The van der Waals surface area contributed by atoms with E-state index in [1.54, 1.807) is 24.3 Å². The lowest BCUT2D eigenvalue weighted by Crippen LogP contribution is -2.12. The third-order valence-corrected chi connectivity index (χ3v) is 1.88. The number of carboxylic acids is 1. The van der Waals surface area contributed by atoms with Gasteiger partial charge in [0.05, 0.1) is 11.8 Å². The molecule has 0 saturated heterocycles. The van der Waals surface area contributed by atoms with Crippen LogP contribution in [0.5, 0.6) is 5.75 Å². The van der Waals surface area contributed by atoms with Gasteiger partial charge < -0.3 is 15.2 Å². The Bertz CT molecular complexity index is 466. The maximum atomic E-state index is 11.4. The number of rotatable bonds is 5. The zero-order chi connectivity index (χ0) is 13.5. The van der Waals surface area contributed by atoms with E-state index in [4.69, 9.17) is 9.84 Å². The van der Waals surface area contributed by atoms with E-state index >= 15 is 0 Å². The molecule has 0 aliphatic heterocycles. The van der Waals surface area contributed by atoms with E-state index in [1.807, 2.05) is 13.8 Å². The fraction of sp³-hybridized carbons (Fsp3) is 0.231. The Morgan fingerprint density at radius 1 is 1.28 bits per heavy atom. The van der Waals surface area contributed by atoms with E-state index in [9.17, 15) is 9.59 Å². The maximum Gasteiger partial charge on any atom is 0.328 e. The smallest absolute Gasteiger partial charge is 0.328 e. The lowest BCUT2D eigenvalue weighted by atomic mass is 10.3. The van der Waals surface area contributed by atoms with Gasteiger partial charge in [-0.05, 0) is 26.0 Å². The van der Waals surface area contributed by atoms with Gasteiger partial charge in [0.1, 0.15) is 5.75 Å². The van der Waals surface area contributed by atoms with Crippen LogP contribution in [0.1, 0.15) is 13.8 Å². The first-order valence-electron chi connectivity index (χ1n) is 5.46. The van der Waals surface area contributed by atoms with Gasteiger partial charge >= 0.3 is 5.97 Å². The van der Waals surface area contributed by atoms with E-state index in [1.165, 1.54) is 0 Å². The summed E-state index contributed by atoms with van der Waals surface area (Å²) in [7, 11) is 0. The largest absolute Gasteiger partial charge is 0.489 e. The number of hydrogen-bond acceptors (Lipinski definition) is 3. The summed E-state index contributed by atoms with van der Waals surface area (Å²) in [5, 5.41) is 11.0. The van der Waals surface area contributed by atoms with Gasteiger partial charge in [-0.3, -0.25) is 4.79 Å². The highest BCUT2D eigenvalue weighted by atomic mass is 16.5. The summed E-state index contributed by atoms with van der Waals surface area (Å²) >= 11 is 0. The number of carboxylic acid groups (broad SMARTS) is 1. The molecule has 1 aromatic rings. The molecule has 0 fully saturated rings. The number of anilines is 1. The summed E-state index contributed by atoms with van der Waals surface area (Å²) in [6, 6.07) is 6.96. The quantitative estimate of drug-likeness (QED) is 0.783. The number of carbonyl (C=O) groups excluding carboxylic acids is 1. The van der Waals surface area contributed by atoms with E-state index in [0.717, 1.165) is 12.2 Å². The molecule has 5 nitrogen and oxygen atoms in total. The molecule has 0 atom stereocenters. The van der Waals surface area contributed by atoms with Crippen molar-refractivity contribution >= 4 is 17.6 Å². The van der Waals surface area contributed by atoms with Crippen LogP contribution >= 0.6 is 0 Å². The van der Waals surface area contributed by atoms with Gasteiger partial charge in [0.15, 0.2) is 0 Å². The standard InChI is InChI=1S/C13H15NO4/c1-9(2)18-11-6-4-3-5-10(11)14-12(15)7-8-13(16)17/h3-9H,1-2H3,(H,14,15)(H,16,17)/b8-7+. The first-order chi connectivity index (χ1) is 8.49. The predicted molar refractivity (Wildman–Crippen MR) is 67.6 cm³/mol. The average Bonchev–Trinajstić information content (AvgIpc) is 2.28. The maximum absolute atomic E-state index is 11.4. The van der Waals surface area contributed by atoms with Crippen LogP contribution in [0.15, 0.2) is 36.4 Å². The van der Waals surface area contributed by atoms with Gasteiger partial charge in [-0.1, -0.05) is 12.1 Å². The highest BCUT2D eigenvalue weighted by Gasteiger charge is 2.06. The highest BCUT2D eigenvalue weighted by Crippen LogP contribution is 2.24. The molecule has 1 amide bonds. The second-order valence-electron chi connectivity index (χ2n) is 3.82. The molecule has 0 spiro atoms. The summed E-state index contributed by atoms with van der Waals surface area (Å²) in [5.74, 6) is -1.14. The molecule has 0 aliphatic rings. The molecule has 96 valence electrons. The van der Waals surface area contributed by atoms with Gasteiger partial charge in [0.2, 0.25) is 5.91 Å². The third-order valence-electron chi connectivity index (χ3n) is 1.88. The van der Waals surface area contributed by atoms with Crippen molar-refractivity contribution in [2.24, 2.45) is 0 Å². The van der Waals surface area contributed by atoms with Crippen molar-refractivity contribution in [2.75, 3.05) is 5.32 Å². The SMILES string of the molecule is CC(C)Oc1ccccc1NC(=O)/C=C/C(=O)O. The van der Waals surface area contributed by atoms with Crippen LogP contribution in [-0.2, 0) is 9.59 Å². The lowest BCUT2D eigenvalue weighted by Gasteiger charge is -2.13. The Morgan fingerprint density at radius 2 is 1.94 bits per heavy atom.